The van der Waals surface area contributed by atoms with Crippen LogP contribution in [0.15, 0.2) is 10.6 Å². The Bertz CT molecular complexity index is 438. The van der Waals surface area contributed by atoms with Gasteiger partial charge in [-0.1, -0.05) is 5.16 Å². The summed E-state index contributed by atoms with van der Waals surface area (Å²) in [6, 6.07) is 1.22. The monoisotopic (exact) mass is 240 g/mol. The van der Waals surface area contributed by atoms with E-state index in [-0.39, 0.29) is 30.6 Å². The van der Waals surface area contributed by atoms with Gasteiger partial charge in [0.05, 0.1) is 6.61 Å². The van der Waals surface area contributed by atoms with Crippen molar-refractivity contribution >= 4 is 11.9 Å². The summed E-state index contributed by atoms with van der Waals surface area (Å²) in [5.74, 6) is -2.04. The van der Waals surface area contributed by atoms with E-state index in [2.05, 4.69) is 9.68 Å². The van der Waals surface area contributed by atoms with E-state index in [9.17, 15) is 9.59 Å². The van der Waals surface area contributed by atoms with Crippen molar-refractivity contribution in [1.82, 2.24) is 10.1 Å². The third-order valence-electron chi connectivity index (χ3n) is 2.53. The van der Waals surface area contributed by atoms with Crippen LogP contribution in [0.5, 0.6) is 0 Å². The molecule has 0 aromatic carbocycles. The largest absolute Gasteiger partial charge is 0.475 e. The molecule has 0 atom stereocenters. The van der Waals surface area contributed by atoms with Gasteiger partial charge in [0.1, 0.15) is 0 Å². The molecule has 0 unspecified atom stereocenters. The fourth-order valence-corrected chi connectivity index (χ4v) is 1.57. The highest BCUT2D eigenvalue weighted by molar-refractivity contribution is 5.95. The maximum absolute atomic E-state index is 12.0. The fraction of sp³-hybridized carbons (Fsp3) is 0.500. The number of carboxylic acids is 1. The predicted molar refractivity (Wildman–Crippen MR) is 54.6 cm³/mol. The van der Waals surface area contributed by atoms with Gasteiger partial charge in [0, 0.05) is 18.7 Å². The minimum atomic E-state index is -1.27. The number of hydrogen-bond donors (Lipinski definition) is 2. The first kappa shape index (κ1) is 11.6. The zero-order valence-corrected chi connectivity index (χ0v) is 9.00. The average Bonchev–Trinajstić information content (AvgIpc) is 3.00. The van der Waals surface area contributed by atoms with Crippen LogP contribution in [0.3, 0.4) is 0 Å². The molecule has 1 aromatic heterocycles. The lowest BCUT2D eigenvalue weighted by Gasteiger charge is -2.19. The van der Waals surface area contributed by atoms with Gasteiger partial charge in [-0.3, -0.25) is 4.79 Å². The van der Waals surface area contributed by atoms with Crippen LogP contribution in [0.4, 0.5) is 0 Å². The summed E-state index contributed by atoms with van der Waals surface area (Å²) in [6.07, 6.45) is 1.80. The first-order valence-corrected chi connectivity index (χ1v) is 5.25. The number of rotatable bonds is 5. The molecule has 2 rings (SSSR count). The third-order valence-corrected chi connectivity index (χ3v) is 2.53. The van der Waals surface area contributed by atoms with E-state index >= 15 is 0 Å². The number of carbonyl (C=O) groups is 2. The number of aromatic carboxylic acids is 1. The van der Waals surface area contributed by atoms with Crippen molar-refractivity contribution in [2.75, 3.05) is 13.2 Å². The molecule has 7 heteroatoms. The quantitative estimate of drug-likeness (QED) is 0.749. The van der Waals surface area contributed by atoms with Gasteiger partial charge in [0.2, 0.25) is 5.76 Å². The molecule has 2 N–H and O–H groups in total. The molecule has 1 amide bonds. The first-order chi connectivity index (χ1) is 8.13. The Morgan fingerprint density at radius 2 is 2.24 bits per heavy atom. The summed E-state index contributed by atoms with van der Waals surface area (Å²) in [6.45, 7) is 0.0879. The molecule has 0 radical (unpaired) electrons. The number of aliphatic hydroxyl groups excluding tert-OH is 1. The second-order valence-corrected chi connectivity index (χ2v) is 3.83. The van der Waals surface area contributed by atoms with Crippen LogP contribution >= 0.6 is 0 Å². The minimum absolute atomic E-state index is 0.0391. The Morgan fingerprint density at radius 1 is 1.53 bits per heavy atom. The molecule has 1 fully saturated rings. The zero-order valence-electron chi connectivity index (χ0n) is 9.00. The molecule has 17 heavy (non-hydrogen) atoms. The topological polar surface area (TPSA) is 104 Å². The second kappa shape index (κ2) is 4.54. The summed E-state index contributed by atoms with van der Waals surface area (Å²) in [5, 5.41) is 20.9. The molecule has 1 saturated carbocycles. The van der Waals surface area contributed by atoms with Crippen LogP contribution in [0, 0.1) is 0 Å². The van der Waals surface area contributed by atoms with Crippen molar-refractivity contribution in [3.05, 3.63) is 17.5 Å². The summed E-state index contributed by atoms with van der Waals surface area (Å²) in [7, 11) is 0. The van der Waals surface area contributed by atoms with E-state index < -0.39 is 11.9 Å². The lowest BCUT2D eigenvalue weighted by molar-refractivity contribution is 0.0646. The third kappa shape index (κ3) is 2.44. The Hall–Kier alpha value is -1.89. The van der Waals surface area contributed by atoms with E-state index in [4.69, 9.17) is 10.2 Å². The van der Waals surface area contributed by atoms with Gasteiger partial charge in [-0.2, -0.15) is 0 Å². The molecule has 1 heterocycles. The van der Waals surface area contributed by atoms with Crippen molar-refractivity contribution in [3.8, 4) is 0 Å². The van der Waals surface area contributed by atoms with Crippen LogP contribution in [0.1, 0.15) is 33.9 Å². The molecule has 1 aromatic rings. The van der Waals surface area contributed by atoms with Crippen molar-refractivity contribution in [1.29, 1.82) is 0 Å². The predicted octanol–water partition coefficient (Wildman–Crippen LogP) is -0.0303. The highest BCUT2D eigenvalue weighted by Crippen LogP contribution is 2.27. The van der Waals surface area contributed by atoms with Gasteiger partial charge < -0.3 is 19.6 Å². The van der Waals surface area contributed by atoms with Crippen molar-refractivity contribution < 1.29 is 24.3 Å². The standard InChI is InChI=1S/C10H12N2O5/c13-4-3-12(6-1-2-6)9(14)7-5-8(10(15)16)17-11-7/h5-6,13H,1-4H2,(H,15,16). The number of carbonyl (C=O) groups excluding carboxylic acids is 1. The number of carboxylic acid groups (broad SMARTS) is 1. The summed E-state index contributed by atoms with van der Waals surface area (Å²) < 4.78 is 4.52. The van der Waals surface area contributed by atoms with Gasteiger partial charge in [0.25, 0.3) is 5.91 Å². The highest BCUT2D eigenvalue weighted by Gasteiger charge is 2.34. The van der Waals surface area contributed by atoms with Gasteiger partial charge >= 0.3 is 5.97 Å². The lowest BCUT2D eigenvalue weighted by atomic mass is 10.3. The molecule has 0 spiro atoms. The van der Waals surface area contributed by atoms with Crippen LogP contribution in [-0.2, 0) is 0 Å². The van der Waals surface area contributed by atoms with Gasteiger partial charge in [-0.05, 0) is 12.8 Å². The second-order valence-electron chi connectivity index (χ2n) is 3.83. The molecule has 1 aliphatic carbocycles. The number of nitrogens with zero attached hydrogens (tertiary/aromatic N) is 2. The Balaban J connectivity index is 2.13. The average molecular weight is 240 g/mol. The van der Waals surface area contributed by atoms with Crippen LogP contribution in [0.2, 0.25) is 0 Å². The highest BCUT2D eigenvalue weighted by atomic mass is 16.5. The number of aromatic nitrogens is 1. The smallest absolute Gasteiger partial charge is 0.374 e. The minimum Gasteiger partial charge on any atom is -0.475 e. The maximum atomic E-state index is 12.0. The fourth-order valence-electron chi connectivity index (χ4n) is 1.57. The van der Waals surface area contributed by atoms with Crippen molar-refractivity contribution in [3.63, 3.8) is 0 Å². The molecule has 7 nitrogen and oxygen atoms in total. The molecule has 0 saturated heterocycles. The van der Waals surface area contributed by atoms with Gasteiger partial charge in [-0.25, -0.2) is 4.79 Å². The Kier molecular flexibility index (Phi) is 3.10. The molecular weight excluding hydrogens is 228 g/mol. The molecular formula is C10H12N2O5. The maximum Gasteiger partial charge on any atom is 0.374 e. The van der Waals surface area contributed by atoms with Crippen LogP contribution in [0.25, 0.3) is 0 Å². The number of aliphatic hydroxyl groups is 1. The van der Waals surface area contributed by atoms with Gasteiger partial charge in [-0.15, -0.1) is 0 Å². The van der Waals surface area contributed by atoms with Gasteiger partial charge in [0.15, 0.2) is 5.69 Å². The molecule has 0 aliphatic heterocycles. The van der Waals surface area contributed by atoms with E-state index in [1.54, 1.807) is 0 Å². The Labute approximate surface area is 96.6 Å². The van der Waals surface area contributed by atoms with E-state index in [1.807, 2.05) is 0 Å². The zero-order chi connectivity index (χ0) is 12.4. The number of amides is 1. The first-order valence-electron chi connectivity index (χ1n) is 5.25. The van der Waals surface area contributed by atoms with Crippen molar-refractivity contribution in [2.45, 2.75) is 18.9 Å². The lowest BCUT2D eigenvalue weighted by Crippen LogP contribution is -2.35. The van der Waals surface area contributed by atoms with Crippen molar-refractivity contribution in [2.24, 2.45) is 0 Å². The number of hydrogen-bond acceptors (Lipinski definition) is 5. The van der Waals surface area contributed by atoms with Crippen LogP contribution < -0.4 is 0 Å². The van der Waals surface area contributed by atoms with E-state index in [0.717, 1.165) is 18.9 Å². The molecule has 92 valence electrons. The molecule has 0 bridgehead atoms. The van der Waals surface area contributed by atoms with E-state index in [0.29, 0.717) is 0 Å². The van der Waals surface area contributed by atoms with E-state index in [1.165, 1.54) is 4.90 Å². The SMILES string of the molecule is O=C(O)c1cc(C(=O)N(CCO)C2CC2)no1. The normalized spacial score (nSPS) is 14.6. The summed E-state index contributed by atoms with van der Waals surface area (Å²) >= 11 is 0. The summed E-state index contributed by atoms with van der Waals surface area (Å²) in [4.78, 5) is 24.0. The van der Waals surface area contributed by atoms with Crippen LogP contribution in [-0.4, -0.2) is 51.3 Å². The summed E-state index contributed by atoms with van der Waals surface area (Å²) in [5.41, 5.74) is -0.0391. The Morgan fingerprint density at radius 3 is 2.71 bits per heavy atom. The molecule has 1 aliphatic rings.